The highest BCUT2D eigenvalue weighted by atomic mass is 19.1. The number of rotatable bonds is 6. The third kappa shape index (κ3) is 4.45. The van der Waals surface area contributed by atoms with Crippen LogP contribution in [0.1, 0.15) is 21.6 Å². The summed E-state index contributed by atoms with van der Waals surface area (Å²) in [4.78, 5) is 16.4. The van der Waals surface area contributed by atoms with Gasteiger partial charge < -0.3 is 10.6 Å². The SMILES string of the molecule is Cc1ccccc1Nc1ccc(C(=O)NCCc2ccccc2F)nc1. The maximum absolute atomic E-state index is 13.6. The molecule has 0 unspecified atom stereocenters. The van der Waals surface area contributed by atoms with E-state index in [1.807, 2.05) is 37.3 Å². The number of hydrogen-bond donors (Lipinski definition) is 2. The number of aromatic nitrogens is 1. The summed E-state index contributed by atoms with van der Waals surface area (Å²) in [5, 5.41) is 6.04. The Morgan fingerprint density at radius 2 is 1.81 bits per heavy atom. The predicted octanol–water partition coefficient (Wildman–Crippen LogP) is 4.25. The smallest absolute Gasteiger partial charge is 0.269 e. The standard InChI is InChI=1S/C21H20FN3O/c1-15-6-2-5-9-19(15)25-17-10-11-20(24-14-17)21(26)23-13-12-16-7-3-4-8-18(16)22/h2-11,14,25H,12-13H2,1H3,(H,23,26). The van der Waals surface area contributed by atoms with Crippen molar-refractivity contribution in [3.63, 3.8) is 0 Å². The van der Waals surface area contributed by atoms with Crippen LogP contribution in [0, 0.1) is 12.7 Å². The molecule has 0 aliphatic rings. The number of hydrogen-bond acceptors (Lipinski definition) is 3. The van der Waals surface area contributed by atoms with Gasteiger partial charge in [0, 0.05) is 12.2 Å². The van der Waals surface area contributed by atoms with Gasteiger partial charge in [0.2, 0.25) is 0 Å². The van der Waals surface area contributed by atoms with Crippen molar-refractivity contribution >= 4 is 17.3 Å². The molecule has 1 amide bonds. The molecule has 132 valence electrons. The number of halogens is 1. The van der Waals surface area contributed by atoms with Crippen molar-refractivity contribution in [3.8, 4) is 0 Å². The quantitative estimate of drug-likeness (QED) is 0.700. The van der Waals surface area contributed by atoms with Crippen LogP contribution in [0.15, 0.2) is 66.9 Å². The molecule has 0 spiro atoms. The summed E-state index contributed by atoms with van der Waals surface area (Å²) in [6.45, 7) is 2.37. The van der Waals surface area contributed by atoms with Crippen LogP contribution in [-0.4, -0.2) is 17.4 Å². The van der Waals surface area contributed by atoms with Gasteiger partial charge in [-0.2, -0.15) is 0 Å². The molecule has 1 aromatic heterocycles. The molecule has 26 heavy (non-hydrogen) atoms. The first kappa shape index (κ1) is 17.6. The summed E-state index contributed by atoms with van der Waals surface area (Å²) in [7, 11) is 0. The molecule has 2 N–H and O–H groups in total. The van der Waals surface area contributed by atoms with Crippen molar-refractivity contribution < 1.29 is 9.18 Å². The van der Waals surface area contributed by atoms with Gasteiger partial charge in [0.25, 0.3) is 5.91 Å². The van der Waals surface area contributed by atoms with Crippen molar-refractivity contribution in [2.45, 2.75) is 13.3 Å². The van der Waals surface area contributed by atoms with E-state index >= 15 is 0 Å². The molecule has 0 saturated heterocycles. The van der Waals surface area contributed by atoms with E-state index < -0.39 is 0 Å². The third-order valence-corrected chi connectivity index (χ3v) is 4.06. The number of pyridine rings is 1. The van der Waals surface area contributed by atoms with Crippen LogP contribution in [0.5, 0.6) is 0 Å². The van der Waals surface area contributed by atoms with E-state index in [0.29, 0.717) is 24.2 Å². The van der Waals surface area contributed by atoms with E-state index in [0.717, 1.165) is 16.9 Å². The topological polar surface area (TPSA) is 54.0 Å². The highest BCUT2D eigenvalue weighted by Gasteiger charge is 2.08. The van der Waals surface area contributed by atoms with Crippen molar-refractivity contribution in [2.24, 2.45) is 0 Å². The van der Waals surface area contributed by atoms with E-state index in [1.54, 1.807) is 30.5 Å². The fourth-order valence-electron chi connectivity index (χ4n) is 2.57. The highest BCUT2D eigenvalue weighted by Crippen LogP contribution is 2.19. The monoisotopic (exact) mass is 349 g/mol. The van der Waals surface area contributed by atoms with E-state index in [1.165, 1.54) is 6.07 Å². The van der Waals surface area contributed by atoms with Crippen LogP contribution in [0.2, 0.25) is 0 Å². The minimum Gasteiger partial charge on any atom is -0.354 e. The van der Waals surface area contributed by atoms with Gasteiger partial charge in [-0.25, -0.2) is 9.37 Å². The van der Waals surface area contributed by atoms with Gasteiger partial charge in [-0.15, -0.1) is 0 Å². The first-order chi connectivity index (χ1) is 12.6. The first-order valence-electron chi connectivity index (χ1n) is 8.44. The number of para-hydroxylation sites is 1. The summed E-state index contributed by atoms with van der Waals surface area (Å²) < 4.78 is 13.6. The molecular formula is C21H20FN3O. The fraction of sp³-hybridized carbons (Fsp3) is 0.143. The molecule has 0 atom stereocenters. The maximum atomic E-state index is 13.6. The van der Waals surface area contributed by atoms with E-state index in [-0.39, 0.29) is 11.7 Å². The number of aryl methyl sites for hydroxylation is 1. The van der Waals surface area contributed by atoms with Gasteiger partial charge >= 0.3 is 0 Å². The fourth-order valence-corrected chi connectivity index (χ4v) is 2.57. The zero-order valence-electron chi connectivity index (χ0n) is 14.5. The van der Waals surface area contributed by atoms with Gasteiger partial charge in [0.15, 0.2) is 0 Å². The van der Waals surface area contributed by atoms with Crippen molar-refractivity contribution in [1.82, 2.24) is 10.3 Å². The second-order valence-electron chi connectivity index (χ2n) is 5.97. The number of anilines is 2. The Hall–Kier alpha value is -3.21. The van der Waals surface area contributed by atoms with Crippen molar-refractivity contribution in [1.29, 1.82) is 0 Å². The predicted molar refractivity (Wildman–Crippen MR) is 101 cm³/mol. The lowest BCUT2D eigenvalue weighted by Crippen LogP contribution is -2.26. The Morgan fingerprint density at radius 3 is 2.54 bits per heavy atom. The molecule has 0 radical (unpaired) electrons. The van der Waals surface area contributed by atoms with Crippen molar-refractivity contribution in [2.75, 3.05) is 11.9 Å². The molecular weight excluding hydrogens is 329 g/mol. The summed E-state index contributed by atoms with van der Waals surface area (Å²) in [6.07, 6.45) is 2.06. The zero-order valence-corrected chi connectivity index (χ0v) is 14.5. The molecule has 2 aromatic carbocycles. The molecule has 0 saturated carbocycles. The molecule has 5 heteroatoms. The van der Waals surface area contributed by atoms with Crippen LogP contribution in [0.3, 0.4) is 0 Å². The number of amides is 1. The molecule has 0 bridgehead atoms. The summed E-state index contributed by atoms with van der Waals surface area (Å²) in [6, 6.07) is 18.0. The van der Waals surface area contributed by atoms with Gasteiger partial charge in [-0.3, -0.25) is 4.79 Å². The highest BCUT2D eigenvalue weighted by molar-refractivity contribution is 5.92. The lowest BCUT2D eigenvalue weighted by Gasteiger charge is -2.10. The van der Waals surface area contributed by atoms with Crippen LogP contribution in [0.25, 0.3) is 0 Å². The number of carbonyl (C=O) groups is 1. The van der Waals surface area contributed by atoms with Gasteiger partial charge in [-0.05, 0) is 48.7 Å². The Bertz CT molecular complexity index is 894. The van der Waals surface area contributed by atoms with Crippen LogP contribution >= 0.6 is 0 Å². The molecule has 1 heterocycles. The van der Waals surface area contributed by atoms with Crippen LogP contribution in [0.4, 0.5) is 15.8 Å². The minimum atomic E-state index is -0.274. The molecule has 0 aliphatic carbocycles. The van der Waals surface area contributed by atoms with Crippen LogP contribution in [-0.2, 0) is 6.42 Å². The number of nitrogens with one attached hydrogen (secondary N) is 2. The summed E-state index contributed by atoms with van der Waals surface area (Å²) in [5.74, 6) is -0.532. The Balaban J connectivity index is 1.55. The Kier molecular flexibility index (Phi) is 5.59. The average Bonchev–Trinajstić information content (AvgIpc) is 2.66. The summed E-state index contributed by atoms with van der Waals surface area (Å²) in [5.41, 5.74) is 3.84. The van der Waals surface area contributed by atoms with Gasteiger partial charge in [0.1, 0.15) is 11.5 Å². The van der Waals surface area contributed by atoms with Crippen molar-refractivity contribution in [3.05, 3.63) is 89.5 Å². The van der Waals surface area contributed by atoms with E-state index in [9.17, 15) is 9.18 Å². The lowest BCUT2D eigenvalue weighted by molar-refractivity contribution is 0.0949. The Labute approximate surface area is 152 Å². The number of nitrogens with zero attached hydrogens (tertiary/aromatic N) is 1. The summed E-state index contributed by atoms with van der Waals surface area (Å²) >= 11 is 0. The van der Waals surface area contributed by atoms with E-state index in [2.05, 4.69) is 15.6 Å². The van der Waals surface area contributed by atoms with Gasteiger partial charge in [0.05, 0.1) is 11.9 Å². The van der Waals surface area contributed by atoms with E-state index in [4.69, 9.17) is 0 Å². The second kappa shape index (κ2) is 8.25. The number of benzene rings is 2. The maximum Gasteiger partial charge on any atom is 0.269 e. The molecule has 0 aliphatic heterocycles. The second-order valence-corrected chi connectivity index (χ2v) is 5.97. The average molecular weight is 349 g/mol. The third-order valence-electron chi connectivity index (χ3n) is 4.06. The zero-order chi connectivity index (χ0) is 18.4. The Morgan fingerprint density at radius 1 is 1.04 bits per heavy atom. The number of carbonyl (C=O) groups excluding carboxylic acids is 1. The van der Waals surface area contributed by atoms with Crippen LogP contribution < -0.4 is 10.6 Å². The normalized spacial score (nSPS) is 10.4. The molecule has 3 aromatic rings. The minimum absolute atomic E-state index is 0.258. The lowest BCUT2D eigenvalue weighted by atomic mass is 10.1. The molecule has 3 rings (SSSR count). The molecule has 4 nitrogen and oxygen atoms in total. The van der Waals surface area contributed by atoms with Gasteiger partial charge in [-0.1, -0.05) is 36.4 Å². The first-order valence-corrected chi connectivity index (χ1v) is 8.44. The molecule has 0 fully saturated rings. The largest absolute Gasteiger partial charge is 0.354 e.